The van der Waals surface area contributed by atoms with Gasteiger partial charge in [0.1, 0.15) is 6.04 Å². The maximum absolute atomic E-state index is 11.8. The molecule has 0 saturated carbocycles. The molecule has 1 fully saturated rings. The minimum atomic E-state index is -0.558. The molecule has 0 spiro atoms. The summed E-state index contributed by atoms with van der Waals surface area (Å²) >= 11 is 6.15. The summed E-state index contributed by atoms with van der Waals surface area (Å²) in [7, 11) is 1.34. The van der Waals surface area contributed by atoms with Crippen molar-refractivity contribution >= 4 is 17.6 Å². The molecule has 2 heterocycles. The number of methoxy groups -OCH3 is 1. The molecule has 1 aromatic carbocycles. The number of carbonyl (C=O) groups is 1. The van der Waals surface area contributed by atoms with E-state index in [1.165, 1.54) is 7.11 Å². The Labute approximate surface area is 138 Å². The third kappa shape index (κ3) is 3.39. The van der Waals surface area contributed by atoms with Gasteiger partial charge in [0.25, 0.3) is 0 Å². The summed E-state index contributed by atoms with van der Waals surface area (Å²) in [5, 5.41) is 10.4. The molecule has 2 aromatic rings. The van der Waals surface area contributed by atoms with Gasteiger partial charge in [-0.15, -0.1) is 0 Å². The monoisotopic (exact) mass is 336 g/mol. The van der Waals surface area contributed by atoms with Gasteiger partial charge in [0.15, 0.2) is 5.76 Å². The van der Waals surface area contributed by atoms with Gasteiger partial charge in [-0.1, -0.05) is 23.7 Å². The molecule has 0 amide bonds. The van der Waals surface area contributed by atoms with Crippen LogP contribution in [0.1, 0.15) is 12.3 Å². The van der Waals surface area contributed by atoms with E-state index in [0.29, 0.717) is 36.2 Å². The first kappa shape index (κ1) is 16.0. The summed E-state index contributed by atoms with van der Waals surface area (Å²) in [5.41, 5.74) is 0.763. The molecule has 0 bridgehead atoms. The average molecular weight is 337 g/mol. The van der Waals surface area contributed by atoms with Crippen LogP contribution in [0.3, 0.4) is 0 Å². The Morgan fingerprint density at radius 2 is 2.30 bits per heavy atom. The second-order valence-corrected chi connectivity index (χ2v) is 5.86. The zero-order valence-corrected chi connectivity index (χ0v) is 13.4. The Balaban J connectivity index is 1.76. The molecule has 2 atom stereocenters. The molecule has 0 unspecified atom stereocenters. The van der Waals surface area contributed by atoms with E-state index < -0.39 is 12.1 Å². The van der Waals surface area contributed by atoms with Gasteiger partial charge in [0, 0.05) is 18.5 Å². The summed E-state index contributed by atoms with van der Waals surface area (Å²) in [6, 6.07) is 6.86. The number of aliphatic hydroxyl groups excluding tert-OH is 1. The normalized spacial score (nSPS) is 21.5. The van der Waals surface area contributed by atoms with Crippen molar-refractivity contribution in [2.75, 3.05) is 13.7 Å². The third-order valence-corrected chi connectivity index (χ3v) is 4.22. The molecule has 122 valence electrons. The fourth-order valence-corrected chi connectivity index (χ4v) is 3.01. The summed E-state index contributed by atoms with van der Waals surface area (Å²) in [5.74, 6) is 0.669. The number of likely N-dealkylation sites (tertiary alicyclic amines) is 1. The van der Waals surface area contributed by atoms with Crippen LogP contribution in [0.5, 0.6) is 0 Å². The van der Waals surface area contributed by atoms with Gasteiger partial charge in [-0.05, 0) is 12.1 Å². The number of aromatic nitrogens is 1. The molecule has 7 heteroatoms. The minimum Gasteiger partial charge on any atom is -0.468 e. The van der Waals surface area contributed by atoms with E-state index in [9.17, 15) is 9.90 Å². The number of halogens is 1. The highest BCUT2D eigenvalue weighted by atomic mass is 35.5. The molecule has 0 aliphatic carbocycles. The maximum atomic E-state index is 11.8. The van der Waals surface area contributed by atoms with Crippen molar-refractivity contribution in [1.29, 1.82) is 0 Å². The van der Waals surface area contributed by atoms with Crippen LogP contribution in [-0.4, -0.2) is 46.8 Å². The zero-order valence-electron chi connectivity index (χ0n) is 12.6. The fourth-order valence-electron chi connectivity index (χ4n) is 2.78. The predicted octanol–water partition coefficient (Wildman–Crippen LogP) is 2.10. The predicted molar refractivity (Wildman–Crippen MR) is 83.8 cm³/mol. The van der Waals surface area contributed by atoms with Gasteiger partial charge in [-0.25, -0.2) is 4.98 Å². The smallest absolute Gasteiger partial charge is 0.323 e. The lowest BCUT2D eigenvalue weighted by atomic mass is 10.2. The van der Waals surface area contributed by atoms with E-state index >= 15 is 0 Å². The van der Waals surface area contributed by atoms with Crippen LogP contribution in [0, 0.1) is 0 Å². The number of oxazole rings is 1. The molecule has 6 nitrogen and oxygen atoms in total. The maximum Gasteiger partial charge on any atom is 0.323 e. The number of hydrogen-bond donors (Lipinski definition) is 1. The number of rotatable bonds is 4. The van der Waals surface area contributed by atoms with E-state index in [1.54, 1.807) is 17.2 Å². The van der Waals surface area contributed by atoms with Crippen LogP contribution in [0.4, 0.5) is 0 Å². The Hall–Kier alpha value is -1.89. The summed E-state index contributed by atoms with van der Waals surface area (Å²) in [6.07, 6.45) is 1.40. The lowest BCUT2D eigenvalue weighted by Crippen LogP contribution is -2.36. The van der Waals surface area contributed by atoms with E-state index in [4.69, 9.17) is 20.8 Å². The molecule has 1 saturated heterocycles. The first-order valence-corrected chi connectivity index (χ1v) is 7.66. The number of aliphatic hydroxyl groups is 1. The molecule has 0 radical (unpaired) electrons. The number of carbonyl (C=O) groups excluding carboxylic acids is 1. The molecule has 23 heavy (non-hydrogen) atoms. The highest BCUT2D eigenvalue weighted by Gasteiger charge is 2.37. The van der Waals surface area contributed by atoms with Crippen LogP contribution in [0.2, 0.25) is 5.02 Å². The summed E-state index contributed by atoms with van der Waals surface area (Å²) in [6.45, 7) is 0.699. The van der Waals surface area contributed by atoms with Crippen LogP contribution in [-0.2, 0) is 16.1 Å². The van der Waals surface area contributed by atoms with Crippen molar-refractivity contribution in [1.82, 2.24) is 9.88 Å². The van der Waals surface area contributed by atoms with Crippen LogP contribution in [0.25, 0.3) is 11.3 Å². The molecule has 1 N–H and O–H groups in total. The third-order valence-electron chi connectivity index (χ3n) is 3.89. The number of benzene rings is 1. The lowest BCUT2D eigenvalue weighted by molar-refractivity contribution is -0.146. The standard InChI is InChI=1S/C16H17ClN2O4/c1-22-16(21)13-6-10(20)8-19(13)9-15-18-7-14(23-15)11-4-2-3-5-12(11)17/h2-5,7,10,13,20H,6,8-9H2,1H3/t10-,13-/m1/s1. The van der Waals surface area contributed by atoms with Gasteiger partial charge in [0.2, 0.25) is 5.89 Å². The van der Waals surface area contributed by atoms with Gasteiger partial charge in [-0.2, -0.15) is 0 Å². The first-order valence-electron chi connectivity index (χ1n) is 7.28. The largest absolute Gasteiger partial charge is 0.468 e. The molecule has 1 aromatic heterocycles. The van der Waals surface area contributed by atoms with E-state index in [0.717, 1.165) is 5.56 Å². The van der Waals surface area contributed by atoms with Crippen molar-refractivity contribution in [3.8, 4) is 11.3 Å². The number of nitrogens with zero attached hydrogens (tertiary/aromatic N) is 2. The lowest BCUT2D eigenvalue weighted by Gasteiger charge is -2.19. The first-order chi connectivity index (χ1) is 11.1. The number of ether oxygens (including phenoxy) is 1. The van der Waals surface area contributed by atoms with Crippen LogP contribution >= 0.6 is 11.6 Å². The highest BCUT2D eigenvalue weighted by molar-refractivity contribution is 6.33. The molecule has 1 aliphatic rings. The average Bonchev–Trinajstić information content (AvgIpc) is 3.14. The van der Waals surface area contributed by atoms with Gasteiger partial charge < -0.3 is 14.3 Å². The second kappa shape index (κ2) is 6.70. The van der Waals surface area contributed by atoms with Crippen LogP contribution in [0.15, 0.2) is 34.9 Å². The molecular weight excluding hydrogens is 320 g/mol. The number of hydrogen-bond acceptors (Lipinski definition) is 6. The van der Waals surface area contributed by atoms with Crippen molar-refractivity contribution in [3.05, 3.63) is 41.4 Å². The Morgan fingerprint density at radius 1 is 1.52 bits per heavy atom. The SMILES string of the molecule is COC(=O)[C@H]1C[C@@H](O)CN1Cc1ncc(-c2ccccc2Cl)o1. The summed E-state index contributed by atoms with van der Waals surface area (Å²) < 4.78 is 10.5. The van der Waals surface area contributed by atoms with Crippen molar-refractivity contribution in [3.63, 3.8) is 0 Å². The van der Waals surface area contributed by atoms with Gasteiger partial charge >= 0.3 is 5.97 Å². The van der Waals surface area contributed by atoms with E-state index in [-0.39, 0.29) is 5.97 Å². The molecular formula is C16H17ClN2O4. The Morgan fingerprint density at radius 3 is 3.04 bits per heavy atom. The highest BCUT2D eigenvalue weighted by Crippen LogP contribution is 2.29. The van der Waals surface area contributed by atoms with E-state index in [1.807, 2.05) is 18.2 Å². The van der Waals surface area contributed by atoms with E-state index in [2.05, 4.69) is 4.98 Å². The van der Waals surface area contributed by atoms with Crippen molar-refractivity contribution in [2.24, 2.45) is 0 Å². The Bertz CT molecular complexity index is 703. The Kier molecular flexibility index (Phi) is 4.66. The quantitative estimate of drug-likeness (QED) is 0.862. The second-order valence-electron chi connectivity index (χ2n) is 5.46. The zero-order chi connectivity index (χ0) is 16.4. The number of esters is 1. The minimum absolute atomic E-state index is 0.321. The topological polar surface area (TPSA) is 75.8 Å². The molecule has 1 aliphatic heterocycles. The van der Waals surface area contributed by atoms with Crippen molar-refractivity contribution < 1.29 is 19.1 Å². The van der Waals surface area contributed by atoms with Gasteiger partial charge in [-0.3, -0.25) is 9.69 Å². The van der Waals surface area contributed by atoms with Gasteiger partial charge in [0.05, 0.1) is 31.0 Å². The van der Waals surface area contributed by atoms with Crippen LogP contribution < -0.4 is 0 Å². The fraction of sp³-hybridized carbons (Fsp3) is 0.375. The van der Waals surface area contributed by atoms with Crippen molar-refractivity contribution in [2.45, 2.75) is 25.1 Å². The molecule has 3 rings (SSSR count). The summed E-state index contributed by atoms with van der Waals surface area (Å²) in [4.78, 5) is 17.8. The number of β-amino-alcohol motifs (C(OH)–C–C–N with tert-alkyl or cyclic N) is 1.